The number of para-hydroxylation sites is 1. The molecule has 1 saturated heterocycles. The molecule has 1 aliphatic rings. The third-order valence-electron chi connectivity index (χ3n) is 4.15. The van der Waals surface area contributed by atoms with Gasteiger partial charge < -0.3 is 10.1 Å². The maximum absolute atomic E-state index is 5.85. The van der Waals surface area contributed by atoms with Gasteiger partial charge in [0.25, 0.3) is 0 Å². The zero-order valence-corrected chi connectivity index (χ0v) is 12.7. The lowest BCUT2D eigenvalue weighted by molar-refractivity contribution is -0.0160. The van der Waals surface area contributed by atoms with E-state index in [-0.39, 0.29) is 0 Å². The van der Waals surface area contributed by atoms with Crippen LogP contribution in [-0.4, -0.2) is 18.8 Å². The van der Waals surface area contributed by atoms with E-state index in [9.17, 15) is 0 Å². The Kier molecular flexibility index (Phi) is 4.87. The van der Waals surface area contributed by atoms with Crippen molar-refractivity contribution in [1.29, 1.82) is 0 Å². The van der Waals surface area contributed by atoms with E-state index in [0.717, 1.165) is 25.9 Å². The third-order valence-corrected chi connectivity index (χ3v) is 4.15. The highest BCUT2D eigenvalue weighted by Crippen LogP contribution is 2.27. The minimum Gasteiger partial charge on any atom is -0.382 e. The van der Waals surface area contributed by atoms with Gasteiger partial charge in [0.05, 0.1) is 6.10 Å². The Morgan fingerprint density at radius 3 is 2.84 bits per heavy atom. The zero-order chi connectivity index (χ0) is 13.8. The predicted octanol–water partition coefficient (Wildman–Crippen LogP) is 4.17. The molecule has 0 saturated carbocycles. The van der Waals surface area contributed by atoms with E-state index in [1.807, 2.05) is 0 Å². The van der Waals surface area contributed by atoms with Gasteiger partial charge in [0, 0.05) is 18.3 Å². The molecule has 0 amide bonds. The average molecular weight is 261 g/mol. The van der Waals surface area contributed by atoms with Crippen LogP contribution < -0.4 is 5.32 Å². The van der Waals surface area contributed by atoms with Crippen molar-refractivity contribution in [1.82, 2.24) is 0 Å². The maximum atomic E-state index is 5.85. The summed E-state index contributed by atoms with van der Waals surface area (Å²) < 4.78 is 5.85. The predicted molar refractivity (Wildman–Crippen MR) is 81.8 cm³/mol. The molecule has 106 valence electrons. The van der Waals surface area contributed by atoms with Crippen LogP contribution >= 0.6 is 0 Å². The van der Waals surface area contributed by atoms with Crippen molar-refractivity contribution in [2.24, 2.45) is 5.92 Å². The normalized spacial score (nSPS) is 23.6. The maximum Gasteiger partial charge on any atom is 0.0617 e. The van der Waals surface area contributed by atoms with E-state index < -0.39 is 0 Å². The van der Waals surface area contributed by atoms with E-state index in [4.69, 9.17) is 4.74 Å². The molecule has 2 rings (SSSR count). The van der Waals surface area contributed by atoms with Gasteiger partial charge in [0.1, 0.15) is 0 Å². The fourth-order valence-electron chi connectivity index (χ4n) is 2.86. The lowest BCUT2D eigenvalue weighted by Crippen LogP contribution is -2.37. The van der Waals surface area contributed by atoms with Crippen LogP contribution in [-0.2, 0) is 11.2 Å². The summed E-state index contributed by atoms with van der Waals surface area (Å²) in [6.07, 6.45) is 3.72. The lowest BCUT2D eigenvalue weighted by Gasteiger charge is -2.33. The molecule has 1 aromatic carbocycles. The number of aryl methyl sites for hydroxylation is 2. The Balaban J connectivity index is 2.08. The summed E-state index contributed by atoms with van der Waals surface area (Å²) in [5.74, 6) is 0.604. The molecule has 1 N–H and O–H groups in total. The Hall–Kier alpha value is -1.02. The first-order valence-electron chi connectivity index (χ1n) is 7.58. The molecular weight excluding hydrogens is 234 g/mol. The van der Waals surface area contributed by atoms with E-state index in [0.29, 0.717) is 18.1 Å². The van der Waals surface area contributed by atoms with Crippen molar-refractivity contribution in [3.05, 3.63) is 29.3 Å². The van der Waals surface area contributed by atoms with E-state index >= 15 is 0 Å². The van der Waals surface area contributed by atoms with Crippen LogP contribution in [0, 0.1) is 12.8 Å². The first-order chi connectivity index (χ1) is 9.11. The van der Waals surface area contributed by atoms with Crippen LogP contribution in [0.25, 0.3) is 0 Å². The number of hydrogen-bond acceptors (Lipinski definition) is 2. The molecule has 0 radical (unpaired) electrons. The highest BCUT2D eigenvalue weighted by atomic mass is 16.5. The van der Waals surface area contributed by atoms with Crippen LogP contribution in [0.2, 0.25) is 0 Å². The van der Waals surface area contributed by atoms with Gasteiger partial charge in [-0.05, 0) is 43.2 Å². The first-order valence-corrected chi connectivity index (χ1v) is 7.58. The minimum atomic E-state index is 0.403. The molecule has 2 atom stereocenters. The van der Waals surface area contributed by atoms with Gasteiger partial charge in [-0.15, -0.1) is 0 Å². The van der Waals surface area contributed by atoms with Gasteiger partial charge in [-0.25, -0.2) is 0 Å². The van der Waals surface area contributed by atoms with Gasteiger partial charge in [-0.3, -0.25) is 0 Å². The van der Waals surface area contributed by atoms with Crippen molar-refractivity contribution < 1.29 is 4.74 Å². The van der Waals surface area contributed by atoms with Gasteiger partial charge in [0.2, 0.25) is 0 Å². The molecule has 19 heavy (non-hydrogen) atoms. The smallest absolute Gasteiger partial charge is 0.0617 e. The quantitative estimate of drug-likeness (QED) is 0.878. The number of hydrogen-bond donors (Lipinski definition) is 1. The number of nitrogens with one attached hydrogen (secondary N) is 1. The number of rotatable bonds is 4. The highest BCUT2D eigenvalue weighted by Gasteiger charge is 2.25. The Bertz CT molecular complexity index is 414. The third kappa shape index (κ3) is 3.50. The van der Waals surface area contributed by atoms with Crippen molar-refractivity contribution >= 4 is 5.69 Å². The molecule has 1 aliphatic heterocycles. The van der Waals surface area contributed by atoms with Crippen molar-refractivity contribution in [3.8, 4) is 0 Å². The number of ether oxygens (including phenoxy) is 1. The summed E-state index contributed by atoms with van der Waals surface area (Å²) in [5.41, 5.74) is 4.12. The summed E-state index contributed by atoms with van der Waals surface area (Å²) in [6.45, 7) is 9.80. The van der Waals surface area contributed by atoms with Gasteiger partial charge in [-0.1, -0.05) is 39.0 Å². The van der Waals surface area contributed by atoms with E-state index in [2.05, 4.69) is 51.2 Å². The molecule has 1 fully saturated rings. The summed E-state index contributed by atoms with van der Waals surface area (Å²) in [5, 5.41) is 3.77. The molecule has 2 heteroatoms. The number of anilines is 1. The second-order valence-corrected chi connectivity index (χ2v) is 5.98. The van der Waals surface area contributed by atoms with E-state index in [1.54, 1.807) is 0 Å². The molecule has 0 aliphatic carbocycles. The molecular formula is C17H27NO. The van der Waals surface area contributed by atoms with Gasteiger partial charge in [0.15, 0.2) is 0 Å². The Labute approximate surface area is 117 Å². The number of benzene rings is 1. The van der Waals surface area contributed by atoms with Crippen LogP contribution in [0.4, 0.5) is 5.69 Å². The fraction of sp³-hybridized carbons (Fsp3) is 0.647. The lowest BCUT2D eigenvalue weighted by atomic mass is 9.94. The van der Waals surface area contributed by atoms with E-state index in [1.165, 1.54) is 16.8 Å². The molecule has 1 heterocycles. The molecule has 2 nitrogen and oxygen atoms in total. The second kappa shape index (κ2) is 6.42. The van der Waals surface area contributed by atoms with Crippen molar-refractivity contribution in [2.45, 2.75) is 59.1 Å². The zero-order valence-electron chi connectivity index (χ0n) is 12.7. The monoisotopic (exact) mass is 261 g/mol. The first kappa shape index (κ1) is 14.4. The topological polar surface area (TPSA) is 21.3 Å². The van der Waals surface area contributed by atoms with Gasteiger partial charge in [-0.2, -0.15) is 0 Å². The molecule has 0 spiro atoms. The molecule has 2 unspecified atom stereocenters. The summed E-state index contributed by atoms with van der Waals surface area (Å²) in [7, 11) is 0. The van der Waals surface area contributed by atoms with Crippen LogP contribution in [0.3, 0.4) is 0 Å². The Morgan fingerprint density at radius 2 is 2.16 bits per heavy atom. The van der Waals surface area contributed by atoms with Crippen molar-refractivity contribution in [2.75, 3.05) is 11.9 Å². The molecule has 0 aromatic heterocycles. The van der Waals surface area contributed by atoms with Crippen LogP contribution in [0.15, 0.2) is 18.2 Å². The van der Waals surface area contributed by atoms with Crippen LogP contribution in [0.5, 0.6) is 0 Å². The van der Waals surface area contributed by atoms with Crippen molar-refractivity contribution in [3.63, 3.8) is 0 Å². The second-order valence-electron chi connectivity index (χ2n) is 5.98. The largest absolute Gasteiger partial charge is 0.382 e. The summed E-state index contributed by atoms with van der Waals surface area (Å²) in [4.78, 5) is 0. The minimum absolute atomic E-state index is 0.403. The Morgan fingerprint density at radius 1 is 1.37 bits per heavy atom. The fourth-order valence-corrected chi connectivity index (χ4v) is 2.86. The molecule has 0 bridgehead atoms. The highest BCUT2D eigenvalue weighted by molar-refractivity contribution is 5.57. The SMILES string of the molecule is CCc1cccc(C)c1NC1CCOC(C(C)C)C1. The average Bonchev–Trinajstić information content (AvgIpc) is 2.41. The van der Waals surface area contributed by atoms with Crippen LogP contribution in [0.1, 0.15) is 44.7 Å². The standard InChI is InChI=1S/C17H27NO/c1-5-14-8-6-7-13(4)17(14)18-15-9-10-19-16(11-15)12(2)3/h6-8,12,15-16,18H,5,9-11H2,1-4H3. The van der Waals surface area contributed by atoms with Gasteiger partial charge >= 0.3 is 0 Å². The molecule has 1 aromatic rings. The summed E-state index contributed by atoms with van der Waals surface area (Å²) >= 11 is 0. The summed E-state index contributed by atoms with van der Waals surface area (Å²) in [6, 6.07) is 7.13.